The summed E-state index contributed by atoms with van der Waals surface area (Å²) in [4.78, 5) is 12.2. The van der Waals surface area contributed by atoms with Crippen LogP contribution in [0.25, 0.3) is 0 Å². The van der Waals surface area contributed by atoms with Crippen LogP contribution in [0.4, 0.5) is 0 Å². The highest BCUT2D eigenvalue weighted by Gasteiger charge is 2.26. The quantitative estimate of drug-likeness (QED) is 0.842. The largest absolute Gasteiger partial charge is 0.391 e. The fourth-order valence-corrected chi connectivity index (χ4v) is 2.36. The number of benzene rings is 1. The third-order valence-corrected chi connectivity index (χ3v) is 5.20. The molecule has 21 heavy (non-hydrogen) atoms. The van der Waals surface area contributed by atoms with Crippen molar-refractivity contribution in [3.8, 4) is 0 Å². The summed E-state index contributed by atoms with van der Waals surface area (Å²) in [6.07, 6.45) is -0.713. The molecule has 0 saturated heterocycles. The monoisotopic (exact) mass is 314 g/mol. The molecule has 0 bridgehead atoms. The SMILES string of the molecule is CC(O)C(C)(C)NC(=O)c1ccc(S(=O)(=O)N(C)C)cc1. The van der Waals surface area contributed by atoms with Gasteiger partial charge in [0.2, 0.25) is 10.0 Å². The van der Waals surface area contributed by atoms with Crippen molar-refractivity contribution in [1.82, 2.24) is 9.62 Å². The zero-order valence-electron chi connectivity index (χ0n) is 12.9. The number of aliphatic hydroxyl groups is 1. The first-order chi connectivity index (χ1) is 9.48. The average molecular weight is 314 g/mol. The molecular formula is C14H22N2O4S. The zero-order chi connectivity index (χ0) is 16.4. The molecule has 2 N–H and O–H groups in total. The van der Waals surface area contributed by atoms with E-state index in [0.717, 1.165) is 4.31 Å². The number of rotatable bonds is 5. The van der Waals surface area contributed by atoms with Gasteiger partial charge in [-0.15, -0.1) is 0 Å². The summed E-state index contributed by atoms with van der Waals surface area (Å²) in [5.41, 5.74) is -0.438. The Bertz CT molecular complexity index is 604. The van der Waals surface area contributed by atoms with Crippen molar-refractivity contribution in [2.75, 3.05) is 14.1 Å². The van der Waals surface area contributed by atoms with Crippen LogP contribution in [0.5, 0.6) is 0 Å². The number of aliphatic hydroxyl groups excluding tert-OH is 1. The van der Waals surface area contributed by atoms with Gasteiger partial charge in [0.05, 0.1) is 16.5 Å². The third-order valence-electron chi connectivity index (χ3n) is 3.38. The highest BCUT2D eigenvalue weighted by Crippen LogP contribution is 2.15. The first-order valence-corrected chi connectivity index (χ1v) is 7.95. The number of nitrogens with zero attached hydrogens (tertiary/aromatic N) is 1. The Morgan fingerprint density at radius 3 is 2.10 bits per heavy atom. The molecule has 0 aromatic heterocycles. The molecular weight excluding hydrogens is 292 g/mol. The molecule has 0 spiro atoms. The summed E-state index contributed by atoms with van der Waals surface area (Å²) in [7, 11) is -0.615. The molecule has 0 saturated carbocycles. The lowest BCUT2D eigenvalue weighted by Gasteiger charge is -2.29. The summed E-state index contributed by atoms with van der Waals surface area (Å²) in [6, 6.07) is 5.67. The van der Waals surface area contributed by atoms with E-state index >= 15 is 0 Å². The van der Waals surface area contributed by atoms with E-state index in [0.29, 0.717) is 5.56 Å². The van der Waals surface area contributed by atoms with Crippen LogP contribution in [0.1, 0.15) is 31.1 Å². The van der Waals surface area contributed by atoms with E-state index < -0.39 is 21.7 Å². The van der Waals surface area contributed by atoms with Gasteiger partial charge in [-0.05, 0) is 45.0 Å². The van der Waals surface area contributed by atoms with E-state index in [2.05, 4.69) is 5.32 Å². The second-order valence-electron chi connectivity index (χ2n) is 5.66. The summed E-state index contributed by atoms with van der Waals surface area (Å²) in [6.45, 7) is 5.01. The van der Waals surface area contributed by atoms with E-state index in [4.69, 9.17) is 0 Å². The Labute approximate surface area is 125 Å². The summed E-state index contributed by atoms with van der Waals surface area (Å²) < 4.78 is 25.0. The second kappa shape index (κ2) is 6.13. The number of hydrogen-bond acceptors (Lipinski definition) is 4. The molecule has 0 aliphatic heterocycles. The topological polar surface area (TPSA) is 86.7 Å². The summed E-state index contributed by atoms with van der Waals surface area (Å²) >= 11 is 0. The highest BCUT2D eigenvalue weighted by atomic mass is 32.2. The van der Waals surface area contributed by atoms with Gasteiger partial charge in [-0.2, -0.15) is 0 Å². The summed E-state index contributed by atoms with van der Waals surface area (Å²) in [5, 5.41) is 12.3. The first kappa shape index (κ1) is 17.6. The van der Waals surface area contributed by atoms with Crippen molar-refractivity contribution in [1.29, 1.82) is 0 Å². The normalized spacial score (nSPS) is 14.0. The fraction of sp³-hybridized carbons (Fsp3) is 0.500. The Balaban J connectivity index is 2.96. The van der Waals surface area contributed by atoms with Crippen molar-refractivity contribution in [3.05, 3.63) is 29.8 Å². The Kier molecular flexibility index (Phi) is 5.14. The van der Waals surface area contributed by atoms with Gasteiger partial charge >= 0.3 is 0 Å². The van der Waals surface area contributed by atoms with E-state index in [1.165, 1.54) is 38.4 Å². The van der Waals surface area contributed by atoms with Gasteiger partial charge < -0.3 is 10.4 Å². The van der Waals surface area contributed by atoms with Gasteiger partial charge in [0, 0.05) is 19.7 Å². The minimum atomic E-state index is -3.51. The van der Waals surface area contributed by atoms with Gasteiger partial charge in [-0.1, -0.05) is 0 Å². The number of carbonyl (C=O) groups is 1. The average Bonchev–Trinajstić information content (AvgIpc) is 2.37. The number of hydrogen-bond donors (Lipinski definition) is 2. The van der Waals surface area contributed by atoms with Crippen molar-refractivity contribution in [3.63, 3.8) is 0 Å². The lowest BCUT2D eigenvalue weighted by Crippen LogP contribution is -2.50. The predicted octanol–water partition coefficient (Wildman–Crippen LogP) is 0.826. The maximum atomic E-state index is 12.1. The smallest absolute Gasteiger partial charge is 0.251 e. The molecule has 1 aromatic rings. The third kappa shape index (κ3) is 4.03. The van der Waals surface area contributed by atoms with Crippen LogP contribution in [0, 0.1) is 0 Å². The molecule has 0 fully saturated rings. The number of carbonyl (C=O) groups excluding carboxylic acids is 1. The molecule has 1 atom stereocenters. The van der Waals surface area contributed by atoms with E-state index in [1.807, 2.05) is 0 Å². The molecule has 0 aliphatic carbocycles. The van der Waals surface area contributed by atoms with Crippen molar-refractivity contribution in [2.24, 2.45) is 0 Å². The standard InChI is InChI=1S/C14H22N2O4S/c1-10(17)14(2,3)15-13(18)11-6-8-12(9-7-11)21(19,20)16(4)5/h6-10,17H,1-5H3,(H,15,18). The molecule has 1 unspecified atom stereocenters. The first-order valence-electron chi connectivity index (χ1n) is 6.51. The fourth-order valence-electron chi connectivity index (χ4n) is 1.46. The molecule has 0 aliphatic rings. The maximum Gasteiger partial charge on any atom is 0.251 e. The molecule has 0 heterocycles. The summed E-state index contributed by atoms with van der Waals surface area (Å²) in [5.74, 6) is -0.366. The number of sulfonamides is 1. The molecule has 118 valence electrons. The Hall–Kier alpha value is -1.44. The van der Waals surface area contributed by atoms with E-state index in [9.17, 15) is 18.3 Å². The minimum absolute atomic E-state index is 0.124. The molecule has 6 nitrogen and oxygen atoms in total. The molecule has 0 radical (unpaired) electrons. The minimum Gasteiger partial charge on any atom is -0.391 e. The number of nitrogens with one attached hydrogen (secondary N) is 1. The van der Waals surface area contributed by atoms with Crippen LogP contribution in [0.15, 0.2) is 29.2 Å². The van der Waals surface area contributed by atoms with Crippen LogP contribution >= 0.6 is 0 Å². The predicted molar refractivity (Wildman–Crippen MR) is 80.5 cm³/mol. The van der Waals surface area contributed by atoms with Crippen molar-refractivity contribution < 1.29 is 18.3 Å². The van der Waals surface area contributed by atoms with Gasteiger partial charge in [-0.25, -0.2) is 12.7 Å². The lowest BCUT2D eigenvalue weighted by molar-refractivity contribution is 0.0709. The van der Waals surface area contributed by atoms with Crippen LogP contribution in [0.2, 0.25) is 0 Å². The maximum absolute atomic E-state index is 12.1. The van der Waals surface area contributed by atoms with Crippen LogP contribution in [-0.2, 0) is 10.0 Å². The number of amides is 1. The van der Waals surface area contributed by atoms with E-state index in [-0.39, 0.29) is 10.8 Å². The van der Waals surface area contributed by atoms with Gasteiger partial charge in [-0.3, -0.25) is 4.79 Å². The molecule has 7 heteroatoms. The van der Waals surface area contributed by atoms with Crippen LogP contribution in [0.3, 0.4) is 0 Å². The lowest BCUT2D eigenvalue weighted by atomic mass is 9.98. The zero-order valence-corrected chi connectivity index (χ0v) is 13.7. The van der Waals surface area contributed by atoms with Gasteiger partial charge in [0.25, 0.3) is 5.91 Å². The van der Waals surface area contributed by atoms with E-state index in [1.54, 1.807) is 20.8 Å². The van der Waals surface area contributed by atoms with Gasteiger partial charge in [0.1, 0.15) is 0 Å². The molecule has 1 amide bonds. The Morgan fingerprint density at radius 2 is 1.71 bits per heavy atom. The van der Waals surface area contributed by atoms with Crippen molar-refractivity contribution >= 4 is 15.9 Å². The molecule has 1 rings (SSSR count). The van der Waals surface area contributed by atoms with Gasteiger partial charge in [0.15, 0.2) is 0 Å². The van der Waals surface area contributed by atoms with Crippen LogP contribution < -0.4 is 5.32 Å². The second-order valence-corrected chi connectivity index (χ2v) is 7.82. The molecule has 1 aromatic carbocycles. The van der Waals surface area contributed by atoms with Crippen LogP contribution in [-0.4, -0.2) is 49.5 Å². The Morgan fingerprint density at radius 1 is 1.24 bits per heavy atom. The van der Waals surface area contributed by atoms with Crippen molar-refractivity contribution in [2.45, 2.75) is 37.3 Å². The highest BCUT2D eigenvalue weighted by molar-refractivity contribution is 7.89.